The zero-order valence-electron chi connectivity index (χ0n) is 11.9. The molecule has 4 nitrogen and oxygen atoms in total. The Morgan fingerprint density at radius 1 is 1.29 bits per heavy atom. The first-order valence-electron chi connectivity index (χ1n) is 6.95. The minimum absolute atomic E-state index is 0.374. The molecule has 0 aliphatic carbocycles. The predicted octanol–water partition coefficient (Wildman–Crippen LogP) is 3.09. The Morgan fingerprint density at radius 2 is 2.10 bits per heavy atom. The lowest BCUT2D eigenvalue weighted by Gasteiger charge is -2.31. The minimum Gasteiger partial charge on any atom is -0.490 e. The van der Waals surface area contributed by atoms with Crippen LogP contribution in [0.3, 0.4) is 0 Å². The van der Waals surface area contributed by atoms with E-state index in [1.807, 2.05) is 43.3 Å². The molecule has 0 atom stereocenters. The topological polar surface area (TPSA) is 49.8 Å². The number of para-hydroxylation sites is 2. The van der Waals surface area contributed by atoms with Crippen molar-refractivity contribution >= 4 is 11.7 Å². The van der Waals surface area contributed by atoms with Crippen LogP contribution >= 0.6 is 0 Å². The fourth-order valence-electron chi connectivity index (χ4n) is 2.62. The summed E-state index contributed by atoms with van der Waals surface area (Å²) in [5.74, 6) is -0.0250. The zero-order chi connectivity index (χ0) is 14.8. The SMILES string of the molecule is Cc1ccc(CN2CCOc3ccccc32)c(C(=O)O)c1. The molecule has 2 aromatic rings. The summed E-state index contributed by atoms with van der Waals surface area (Å²) in [7, 11) is 0. The van der Waals surface area contributed by atoms with Crippen molar-refractivity contribution in [2.24, 2.45) is 0 Å². The van der Waals surface area contributed by atoms with Gasteiger partial charge < -0.3 is 14.7 Å². The molecule has 0 spiro atoms. The number of benzene rings is 2. The van der Waals surface area contributed by atoms with E-state index in [-0.39, 0.29) is 0 Å². The first-order valence-corrected chi connectivity index (χ1v) is 6.95. The van der Waals surface area contributed by atoms with Gasteiger partial charge in [-0.2, -0.15) is 0 Å². The quantitative estimate of drug-likeness (QED) is 0.940. The molecule has 0 amide bonds. The van der Waals surface area contributed by atoms with Crippen LogP contribution in [0.2, 0.25) is 0 Å². The van der Waals surface area contributed by atoms with Crippen LogP contribution in [-0.2, 0) is 6.54 Å². The third-order valence-electron chi connectivity index (χ3n) is 3.68. The number of carboxylic acids is 1. The van der Waals surface area contributed by atoms with Crippen LogP contribution in [-0.4, -0.2) is 24.2 Å². The van der Waals surface area contributed by atoms with Crippen LogP contribution in [0.5, 0.6) is 5.75 Å². The summed E-state index contributed by atoms with van der Waals surface area (Å²) in [4.78, 5) is 13.6. The number of carboxylic acid groups (broad SMARTS) is 1. The summed E-state index contributed by atoms with van der Waals surface area (Å²) in [6, 6.07) is 13.4. The standard InChI is InChI=1S/C17H17NO3/c1-12-6-7-13(14(10-12)17(19)20)11-18-8-9-21-16-5-3-2-4-15(16)18/h2-7,10H,8-9,11H2,1H3,(H,19,20). The highest BCUT2D eigenvalue weighted by atomic mass is 16.5. The maximum absolute atomic E-state index is 11.4. The molecule has 1 aliphatic rings. The van der Waals surface area contributed by atoms with Crippen molar-refractivity contribution in [1.29, 1.82) is 0 Å². The van der Waals surface area contributed by atoms with Crippen LogP contribution in [0.4, 0.5) is 5.69 Å². The Balaban J connectivity index is 1.93. The van der Waals surface area contributed by atoms with Crippen molar-refractivity contribution in [2.75, 3.05) is 18.1 Å². The van der Waals surface area contributed by atoms with Crippen molar-refractivity contribution in [1.82, 2.24) is 0 Å². The smallest absolute Gasteiger partial charge is 0.336 e. The van der Waals surface area contributed by atoms with Gasteiger partial charge in [-0.3, -0.25) is 0 Å². The van der Waals surface area contributed by atoms with Crippen LogP contribution in [0.25, 0.3) is 0 Å². The van der Waals surface area contributed by atoms with Gasteiger partial charge in [-0.15, -0.1) is 0 Å². The second-order valence-corrected chi connectivity index (χ2v) is 5.20. The van der Waals surface area contributed by atoms with E-state index in [0.29, 0.717) is 18.7 Å². The summed E-state index contributed by atoms with van der Waals surface area (Å²) in [5.41, 5.74) is 3.17. The maximum Gasteiger partial charge on any atom is 0.336 e. The fraction of sp³-hybridized carbons (Fsp3) is 0.235. The molecule has 1 N–H and O–H groups in total. The van der Waals surface area contributed by atoms with E-state index in [1.165, 1.54) is 0 Å². The van der Waals surface area contributed by atoms with E-state index >= 15 is 0 Å². The van der Waals surface area contributed by atoms with Crippen LogP contribution in [0.15, 0.2) is 42.5 Å². The molecule has 0 unspecified atom stereocenters. The monoisotopic (exact) mass is 283 g/mol. The number of hydrogen-bond donors (Lipinski definition) is 1. The molecular formula is C17H17NO3. The van der Waals surface area contributed by atoms with Gasteiger partial charge in [-0.25, -0.2) is 4.79 Å². The number of fused-ring (bicyclic) bond motifs is 1. The molecule has 0 saturated carbocycles. The first-order chi connectivity index (χ1) is 10.1. The molecule has 21 heavy (non-hydrogen) atoms. The Morgan fingerprint density at radius 3 is 2.90 bits per heavy atom. The Labute approximate surface area is 123 Å². The third kappa shape index (κ3) is 2.70. The lowest BCUT2D eigenvalue weighted by Crippen LogP contribution is -2.32. The van der Waals surface area contributed by atoms with E-state index in [1.54, 1.807) is 6.07 Å². The number of anilines is 1. The van der Waals surface area contributed by atoms with Gasteiger partial charge in [0, 0.05) is 6.54 Å². The third-order valence-corrected chi connectivity index (χ3v) is 3.68. The average molecular weight is 283 g/mol. The van der Waals surface area contributed by atoms with Gasteiger partial charge in [-0.05, 0) is 30.7 Å². The molecule has 108 valence electrons. The number of hydrogen-bond acceptors (Lipinski definition) is 3. The molecule has 0 radical (unpaired) electrons. The summed E-state index contributed by atoms with van der Waals surface area (Å²) in [5, 5.41) is 9.37. The maximum atomic E-state index is 11.4. The van der Waals surface area contributed by atoms with Crippen molar-refractivity contribution < 1.29 is 14.6 Å². The van der Waals surface area contributed by atoms with Gasteiger partial charge in [0.2, 0.25) is 0 Å². The number of aromatic carboxylic acids is 1. The first kappa shape index (κ1) is 13.5. The van der Waals surface area contributed by atoms with Gasteiger partial charge >= 0.3 is 5.97 Å². The summed E-state index contributed by atoms with van der Waals surface area (Å²) < 4.78 is 5.63. The lowest BCUT2D eigenvalue weighted by molar-refractivity contribution is 0.0695. The van der Waals surface area contributed by atoms with Gasteiger partial charge in [0.05, 0.1) is 17.8 Å². The van der Waals surface area contributed by atoms with Crippen LogP contribution in [0.1, 0.15) is 21.5 Å². The molecule has 0 bridgehead atoms. The zero-order valence-corrected chi connectivity index (χ0v) is 11.9. The predicted molar refractivity (Wildman–Crippen MR) is 81.1 cm³/mol. The summed E-state index contributed by atoms with van der Waals surface area (Å²) in [6.07, 6.45) is 0. The van der Waals surface area contributed by atoms with Crippen LogP contribution < -0.4 is 9.64 Å². The summed E-state index contributed by atoms with van der Waals surface area (Å²) in [6.45, 7) is 3.85. The molecule has 2 aromatic carbocycles. The number of aryl methyl sites for hydroxylation is 1. The van der Waals surface area contributed by atoms with Crippen molar-refractivity contribution in [3.8, 4) is 5.75 Å². The van der Waals surface area contributed by atoms with E-state index < -0.39 is 5.97 Å². The van der Waals surface area contributed by atoms with Crippen molar-refractivity contribution in [2.45, 2.75) is 13.5 Å². The van der Waals surface area contributed by atoms with Crippen molar-refractivity contribution in [3.63, 3.8) is 0 Å². The van der Waals surface area contributed by atoms with E-state index in [0.717, 1.165) is 29.1 Å². The molecule has 3 rings (SSSR count). The molecule has 0 aromatic heterocycles. The van der Waals surface area contributed by atoms with Gasteiger partial charge in [0.1, 0.15) is 12.4 Å². The number of carbonyl (C=O) groups is 1. The summed E-state index contributed by atoms with van der Waals surface area (Å²) >= 11 is 0. The molecule has 1 heterocycles. The molecular weight excluding hydrogens is 266 g/mol. The fourth-order valence-corrected chi connectivity index (χ4v) is 2.62. The van der Waals surface area contributed by atoms with E-state index in [4.69, 9.17) is 4.74 Å². The van der Waals surface area contributed by atoms with Crippen LogP contribution in [0, 0.1) is 6.92 Å². The molecule has 4 heteroatoms. The van der Waals surface area contributed by atoms with Crippen molar-refractivity contribution in [3.05, 3.63) is 59.2 Å². The van der Waals surface area contributed by atoms with Gasteiger partial charge in [0.25, 0.3) is 0 Å². The molecule has 1 aliphatic heterocycles. The largest absolute Gasteiger partial charge is 0.490 e. The average Bonchev–Trinajstić information content (AvgIpc) is 2.49. The minimum atomic E-state index is -0.879. The van der Waals surface area contributed by atoms with Gasteiger partial charge in [-0.1, -0.05) is 29.8 Å². The Hall–Kier alpha value is -2.49. The molecule has 0 saturated heterocycles. The lowest BCUT2D eigenvalue weighted by atomic mass is 10.0. The second kappa shape index (κ2) is 5.48. The highest BCUT2D eigenvalue weighted by Gasteiger charge is 2.20. The highest BCUT2D eigenvalue weighted by Crippen LogP contribution is 2.32. The van der Waals surface area contributed by atoms with Gasteiger partial charge in [0.15, 0.2) is 0 Å². The van der Waals surface area contributed by atoms with E-state index in [2.05, 4.69) is 4.90 Å². The number of ether oxygens (including phenoxy) is 1. The Kier molecular flexibility index (Phi) is 3.52. The molecule has 0 fully saturated rings. The second-order valence-electron chi connectivity index (χ2n) is 5.20. The normalized spacial score (nSPS) is 13.5. The number of rotatable bonds is 3. The highest BCUT2D eigenvalue weighted by molar-refractivity contribution is 5.89. The Bertz CT molecular complexity index is 681. The number of nitrogens with zero attached hydrogens (tertiary/aromatic N) is 1. The van der Waals surface area contributed by atoms with E-state index in [9.17, 15) is 9.90 Å².